The van der Waals surface area contributed by atoms with Crippen LogP contribution in [-0.4, -0.2) is 48.3 Å². The molecule has 2 rings (SSSR count). The summed E-state index contributed by atoms with van der Waals surface area (Å²) < 4.78 is 10.5. The summed E-state index contributed by atoms with van der Waals surface area (Å²) in [7, 11) is 1.76. The number of aryl methyl sites for hydroxylation is 1. The first-order valence-corrected chi connectivity index (χ1v) is 6.10. The Hall–Kier alpha value is -1.40. The molecule has 0 radical (unpaired) electrons. The summed E-state index contributed by atoms with van der Waals surface area (Å²) in [5.41, 5.74) is 0.757. The Labute approximate surface area is 106 Å². The standard InChI is InChI=1S/C12H19N3O3/c1-8-6-10(14-18-8)7-15(3)12(16)11-9(2)17-5-4-13-11/h6,9,11,13H,4-5,7H2,1-3H3/t9-,11+/m1/s1. The maximum absolute atomic E-state index is 12.2. The van der Waals surface area contributed by atoms with Gasteiger partial charge in [-0.3, -0.25) is 4.79 Å². The van der Waals surface area contributed by atoms with E-state index in [-0.39, 0.29) is 18.1 Å². The van der Waals surface area contributed by atoms with E-state index >= 15 is 0 Å². The number of hydrogen-bond acceptors (Lipinski definition) is 5. The summed E-state index contributed by atoms with van der Waals surface area (Å²) in [5, 5.41) is 7.06. The normalized spacial score (nSPS) is 23.9. The molecule has 2 heterocycles. The molecule has 0 saturated carbocycles. The molecule has 6 heteroatoms. The molecule has 1 aliphatic rings. The van der Waals surface area contributed by atoms with Crippen molar-refractivity contribution in [2.75, 3.05) is 20.2 Å². The molecule has 1 saturated heterocycles. The van der Waals surface area contributed by atoms with Crippen LogP contribution in [0, 0.1) is 6.92 Å². The fraction of sp³-hybridized carbons (Fsp3) is 0.667. The van der Waals surface area contributed by atoms with E-state index in [1.165, 1.54) is 0 Å². The van der Waals surface area contributed by atoms with Crippen molar-refractivity contribution < 1.29 is 14.1 Å². The minimum absolute atomic E-state index is 0.0165. The van der Waals surface area contributed by atoms with Crippen molar-refractivity contribution in [2.45, 2.75) is 32.5 Å². The number of carbonyl (C=O) groups excluding carboxylic acids is 1. The van der Waals surface area contributed by atoms with Gasteiger partial charge in [-0.15, -0.1) is 0 Å². The number of nitrogens with one attached hydrogen (secondary N) is 1. The average Bonchev–Trinajstić information content (AvgIpc) is 2.74. The molecule has 0 unspecified atom stereocenters. The third kappa shape index (κ3) is 2.88. The highest BCUT2D eigenvalue weighted by Gasteiger charge is 2.30. The summed E-state index contributed by atoms with van der Waals surface area (Å²) in [5.74, 6) is 0.765. The van der Waals surface area contributed by atoms with Crippen LogP contribution in [0.5, 0.6) is 0 Å². The van der Waals surface area contributed by atoms with Gasteiger partial charge in [-0.25, -0.2) is 0 Å². The number of nitrogens with zero attached hydrogens (tertiary/aromatic N) is 2. The molecule has 18 heavy (non-hydrogen) atoms. The molecule has 0 bridgehead atoms. The van der Waals surface area contributed by atoms with E-state index < -0.39 is 0 Å². The van der Waals surface area contributed by atoms with Gasteiger partial charge in [0.1, 0.15) is 17.5 Å². The maximum atomic E-state index is 12.2. The summed E-state index contributed by atoms with van der Waals surface area (Å²) in [4.78, 5) is 13.9. The topological polar surface area (TPSA) is 67.6 Å². The van der Waals surface area contributed by atoms with Crippen molar-refractivity contribution in [3.8, 4) is 0 Å². The lowest BCUT2D eigenvalue weighted by molar-refractivity contribution is -0.138. The number of aromatic nitrogens is 1. The zero-order valence-corrected chi connectivity index (χ0v) is 11.0. The van der Waals surface area contributed by atoms with Gasteiger partial charge in [0.05, 0.1) is 19.3 Å². The third-order valence-electron chi connectivity index (χ3n) is 3.03. The first-order valence-electron chi connectivity index (χ1n) is 6.10. The van der Waals surface area contributed by atoms with Gasteiger partial charge >= 0.3 is 0 Å². The van der Waals surface area contributed by atoms with Gasteiger partial charge < -0.3 is 19.5 Å². The van der Waals surface area contributed by atoms with Crippen LogP contribution in [-0.2, 0) is 16.1 Å². The van der Waals surface area contributed by atoms with E-state index in [9.17, 15) is 4.79 Å². The minimum Gasteiger partial charge on any atom is -0.375 e. The number of hydrogen-bond donors (Lipinski definition) is 1. The van der Waals surface area contributed by atoms with Crippen LogP contribution in [0.3, 0.4) is 0 Å². The molecular weight excluding hydrogens is 234 g/mol. The van der Waals surface area contributed by atoms with Gasteiger partial charge in [-0.1, -0.05) is 5.16 Å². The third-order valence-corrected chi connectivity index (χ3v) is 3.03. The second kappa shape index (κ2) is 5.49. The number of morpholine rings is 1. The molecule has 1 aliphatic heterocycles. The highest BCUT2D eigenvalue weighted by Crippen LogP contribution is 2.10. The number of ether oxygens (including phenoxy) is 1. The first-order chi connectivity index (χ1) is 8.58. The second-order valence-electron chi connectivity index (χ2n) is 4.63. The van der Waals surface area contributed by atoms with Crippen LogP contribution < -0.4 is 5.32 Å². The highest BCUT2D eigenvalue weighted by molar-refractivity contribution is 5.82. The monoisotopic (exact) mass is 253 g/mol. The quantitative estimate of drug-likeness (QED) is 0.840. The number of rotatable bonds is 3. The summed E-state index contributed by atoms with van der Waals surface area (Å²) in [6, 6.07) is 1.55. The van der Waals surface area contributed by atoms with Crippen LogP contribution in [0.2, 0.25) is 0 Å². The zero-order valence-electron chi connectivity index (χ0n) is 11.0. The Bertz CT molecular complexity index is 418. The SMILES string of the molecule is Cc1cc(CN(C)C(=O)[C@H]2NCCO[C@@H]2C)no1. The fourth-order valence-electron chi connectivity index (χ4n) is 2.06. The Balaban J connectivity index is 1.95. The molecule has 1 aromatic heterocycles. The zero-order chi connectivity index (χ0) is 13.1. The minimum atomic E-state index is -0.281. The number of likely N-dealkylation sites (N-methyl/N-ethyl adjacent to an activating group) is 1. The molecule has 0 aliphatic carbocycles. The van der Waals surface area contributed by atoms with Crippen molar-refractivity contribution in [3.05, 3.63) is 17.5 Å². The van der Waals surface area contributed by atoms with Crippen molar-refractivity contribution in [2.24, 2.45) is 0 Å². The van der Waals surface area contributed by atoms with E-state index in [1.54, 1.807) is 11.9 Å². The lowest BCUT2D eigenvalue weighted by Crippen LogP contribution is -2.55. The lowest BCUT2D eigenvalue weighted by atomic mass is 10.1. The maximum Gasteiger partial charge on any atom is 0.242 e. The van der Waals surface area contributed by atoms with Crippen LogP contribution in [0.15, 0.2) is 10.6 Å². The molecule has 0 aromatic carbocycles. The van der Waals surface area contributed by atoms with Gasteiger partial charge in [-0.2, -0.15) is 0 Å². The molecule has 1 amide bonds. The molecule has 1 aromatic rings. The number of carbonyl (C=O) groups is 1. The summed E-state index contributed by atoms with van der Waals surface area (Å²) in [6.07, 6.45) is -0.104. The van der Waals surface area contributed by atoms with Crippen molar-refractivity contribution in [1.29, 1.82) is 0 Å². The predicted octanol–water partition coefficient (Wildman–Crippen LogP) is 0.318. The Morgan fingerprint density at radius 2 is 2.44 bits per heavy atom. The number of amides is 1. The van der Waals surface area contributed by atoms with Gasteiger partial charge in [-0.05, 0) is 13.8 Å². The van der Waals surface area contributed by atoms with Gasteiger partial charge in [0, 0.05) is 19.7 Å². The van der Waals surface area contributed by atoms with Crippen LogP contribution in [0.4, 0.5) is 0 Å². The summed E-state index contributed by atoms with van der Waals surface area (Å²) in [6.45, 7) is 5.54. The van der Waals surface area contributed by atoms with Crippen LogP contribution in [0.25, 0.3) is 0 Å². The van der Waals surface area contributed by atoms with Crippen molar-refractivity contribution in [3.63, 3.8) is 0 Å². The molecule has 0 spiro atoms. The molecule has 1 N–H and O–H groups in total. The van der Waals surface area contributed by atoms with E-state index in [1.807, 2.05) is 19.9 Å². The Morgan fingerprint density at radius 3 is 3.06 bits per heavy atom. The Kier molecular flexibility index (Phi) is 3.98. The van der Waals surface area contributed by atoms with E-state index in [0.717, 1.165) is 11.5 Å². The van der Waals surface area contributed by atoms with Crippen LogP contribution in [0.1, 0.15) is 18.4 Å². The Morgan fingerprint density at radius 1 is 1.67 bits per heavy atom. The molecule has 2 atom stereocenters. The largest absolute Gasteiger partial charge is 0.375 e. The average molecular weight is 253 g/mol. The second-order valence-corrected chi connectivity index (χ2v) is 4.63. The van der Waals surface area contributed by atoms with Gasteiger partial charge in [0.15, 0.2) is 0 Å². The van der Waals surface area contributed by atoms with E-state index in [2.05, 4.69) is 10.5 Å². The first kappa shape index (κ1) is 13.0. The summed E-state index contributed by atoms with van der Waals surface area (Å²) >= 11 is 0. The highest BCUT2D eigenvalue weighted by atomic mass is 16.5. The van der Waals surface area contributed by atoms with E-state index in [0.29, 0.717) is 19.7 Å². The molecule has 6 nitrogen and oxygen atoms in total. The predicted molar refractivity (Wildman–Crippen MR) is 64.9 cm³/mol. The smallest absolute Gasteiger partial charge is 0.242 e. The molecule has 100 valence electrons. The van der Waals surface area contributed by atoms with Gasteiger partial charge in [0.25, 0.3) is 0 Å². The van der Waals surface area contributed by atoms with Gasteiger partial charge in [0.2, 0.25) is 5.91 Å². The molecule has 1 fully saturated rings. The fourth-order valence-corrected chi connectivity index (χ4v) is 2.06. The van der Waals surface area contributed by atoms with Crippen molar-refractivity contribution >= 4 is 5.91 Å². The van der Waals surface area contributed by atoms with Crippen LogP contribution >= 0.6 is 0 Å². The van der Waals surface area contributed by atoms with E-state index in [4.69, 9.17) is 9.26 Å². The van der Waals surface area contributed by atoms with Crippen molar-refractivity contribution in [1.82, 2.24) is 15.4 Å². The molecular formula is C12H19N3O3. The lowest BCUT2D eigenvalue weighted by Gasteiger charge is -2.32.